The van der Waals surface area contributed by atoms with E-state index in [9.17, 15) is 14.7 Å². The quantitative estimate of drug-likeness (QED) is 0.862. The first-order valence-electron chi connectivity index (χ1n) is 8.56. The van der Waals surface area contributed by atoms with E-state index < -0.39 is 23.8 Å². The Morgan fingerprint density at radius 1 is 1.31 bits per heavy atom. The summed E-state index contributed by atoms with van der Waals surface area (Å²) in [6.45, 7) is 5.34. The molecule has 2 aromatic rings. The second kappa shape index (κ2) is 6.92. The van der Waals surface area contributed by atoms with Crippen LogP contribution in [-0.4, -0.2) is 51.3 Å². The summed E-state index contributed by atoms with van der Waals surface area (Å²) in [7, 11) is 0. The van der Waals surface area contributed by atoms with Crippen LogP contribution < -0.4 is 5.32 Å². The summed E-state index contributed by atoms with van der Waals surface area (Å²) in [5, 5.41) is 13.6. The Morgan fingerprint density at radius 3 is 2.77 bits per heavy atom. The van der Waals surface area contributed by atoms with Crippen molar-refractivity contribution in [3.63, 3.8) is 0 Å². The number of ether oxygens (including phenoxy) is 1. The smallest absolute Gasteiger partial charge is 0.411 e. The van der Waals surface area contributed by atoms with Gasteiger partial charge in [0.25, 0.3) is 0 Å². The molecule has 26 heavy (non-hydrogen) atoms. The number of β-amino-alcohol motifs (C(OH)–C–C–N with tert-alkyl or cyclic N) is 1. The second-order valence-electron chi connectivity index (χ2n) is 7.44. The van der Waals surface area contributed by atoms with Gasteiger partial charge in [-0.25, -0.2) is 4.79 Å². The Balaban J connectivity index is 1.75. The minimum absolute atomic E-state index is 0.0724. The first-order valence-corrected chi connectivity index (χ1v) is 8.56. The van der Waals surface area contributed by atoms with Crippen LogP contribution in [0.2, 0.25) is 0 Å². The maximum atomic E-state index is 12.7. The van der Waals surface area contributed by atoms with E-state index in [1.807, 2.05) is 30.3 Å². The van der Waals surface area contributed by atoms with Crippen LogP contribution in [-0.2, 0) is 9.53 Å². The largest absolute Gasteiger partial charge is 0.444 e. The lowest BCUT2D eigenvalue weighted by Crippen LogP contribution is -2.45. The van der Waals surface area contributed by atoms with Crippen molar-refractivity contribution >= 4 is 28.6 Å². The van der Waals surface area contributed by atoms with Crippen LogP contribution in [0.4, 0.5) is 10.5 Å². The number of carbonyl (C=O) groups excluding carboxylic acids is 2. The van der Waals surface area contributed by atoms with Crippen LogP contribution >= 0.6 is 0 Å². The molecule has 1 aliphatic heterocycles. The zero-order chi connectivity index (χ0) is 18.9. The fraction of sp³-hybridized carbons (Fsp3) is 0.421. The number of carbonyl (C=O) groups is 2. The Kier molecular flexibility index (Phi) is 4.82. The molecule has 0 saturated carbocycles. The van der Waals surface area contributed by atoms with Crippen LogP contribution in [0.25, 0.3) is 10.9 Å². The summed E-state index contributed by atoms with van der Waals surface area (Å²) in [6.07, 6.45) is 0.383. The maximum Gasteiger partial charge on any atom is 0.411 e. The zero-order valence-electron chi connectivity index (χ0n) is 15.1. The van der Waals surface area contributed by atoms with Gasteiger partial charge >= 0.3 is 6.09 Å². The predicted octanol–water partition coefficient (Wildman–Crippen LogP) is 2.54. The number of hydrogen-bond acceptors (Lipinski definition) is 5. The molecule has 138 valence electrons. The number of pyridine rings is 1. The van der Waals surface area contributed by atoms with Crippen molar-refractivity contribution in [2.24, 2.45) is 0 Å². The van der Waals surface area contributed by atoms with Crippen molar-refractivity contribution in [3.8, 4) is 0 Å². The van der Waals surface area contributed by atoms with Crippen LogP contribution in [0.5, 0.6) is 0 Å². The van der Waals surface area contributed by atoms with E-state index in [1.165, 1.54) is 4.90 Å². The Morgan fingerprint density at radius 2 is 2.04 bits per heavy atom. The summed E-state index contributed by atoms with van der Waals surface area (Å²) < 4.78 is 5.34. The van der Waals surface area contributed by atoms with E-state index in [0.29, 0.717) is 5.69 Å². The fourth-order valence-corrected chi connectivity index (χ4v) is 2.95. The lowest BCUT2D eigenvalue weighted by Gasteiger charge is -2.27. The molecule has 2 N–H and O–H groups in total. The standard InChI is InChI=1S/C19H23N3O4/c1-19(2,3)26-18(25)22-11-14(23)9-16(22)17(24)21-13-8-12-6-4-5-7-15(12)20-10-13/h4-8,10,14,16,23H,9,11H2,1-3H3,(H,21,24)/t14-,16+/m1/s1. The number of nitrogens with zero attached hydrogens (tertiary/aromatic N) is 2. The number of aliphatic hydroxyl groups is 1. The van der Waals surface area contributed by atoms with Crippen LogP contribution in [0, 0.1) is 0 Å². The highest BCUT2D eigenvalue weighted by molar-refractivity contribution is 5.98. The first-order chi connectivity index (χ1) is 12.2. The Hall–Kier alpha value is -2.67. The van der Waals surface area contributed by atoms with E-state index in [4.69, 9.17) is 4.74 Å². The van der Waals surface area contributed by atoms with Crippen molar-refractivity contribution in [1.29, 1.82) is 0 Å². The molecular weight excluding hydrogens is 334 g/mol. The van der Waals surface area contributed by atoms with Crippen molar-refractivity contribution in [3.05, 3.63) is 36.5 Å². The molecular formula is C19H23N3O4. The van der Waals surface area contributed by atoms with E-state index in [-0.39, 0.29) is 18.9 Å². The molecule has 1 aromatic carbocycles. The zero-order valence-corrected chi connectivity index (χ0v) is 15.1. The van der Waals surface area contributed by atoms with Crippen LogP contribution in [0.3, 0.4) is 0 Å². The third kappa shape index (κ3) is 4.11. The molecule has 1 aliphatic rings. The molecule has 1 aromatic heterocycles. The summed E-state index contributed by atoms with van der Waals surface area (Å²) in [5.41, 5.74) is 0.699. The van der Waals surface area contributed by atoms with Crippen LogP contribution in [0.1, 0.15) is 27.2 Å². The highest BCUT2D eigenvalue weighted by Crippen LogP contribution is 2.23. The number of amides is 2. The molecule has 2 amide bonds. The van der Waals surface area contributed by atoms with Gasteiger partial charge in [0.05, 0.1) is 30.0 Å². The third-order valence-corrected chi connectivity index (χ3v) is 4.07. The third-order valence-electron chi connectivity index (χ3n) is 4.07. The number of hydrogen-bond donors (Lipinski definition) is 2. The van der Waals surface area contributed by atoms with Gasteiger partial charge in [-0.05, 0) is 32.9 Å². The molecule has 0 radical (unpaired) electrons. The average Bonchev–Trinajstić information content (AvgIpc) is 2.95. The Labute approximate surface area is 152 Å². The number of aromatic nitrogens is 1. The van der Waals surface area contributed by atoms with E-state index >= 15 is 0 Å². The Bertz CT molecular complexity index is 831. The molecule has 0 bridgehead atoms. The van der Waals surface area contributed by atoms with Crippen molar-refractivity contribution in [1.82, 2.24) is 9.88 Å². The van der Waals surface area contributed by atoms with Gasteiger partial charge in [-0.3, -0.25) is 14.7 Å². The van der Waals surface area contributed by atoms with Crippen molar-refractivity contribution in [2.45, 2.75) is 44.9 Å². The minimum Gasteiger partial charge on any atom is -0.444 e. The number of para-hydroxylation sites is 1. The van der Waals surface area contributed by atoms with E-state index in [2.05, 4.69) is 10.3 Å². The number of rotatable bonds is 2. The highest BCUT2D eigenvalue weighted by Gasteiger charge is 2.40. The number of nitrogens with one attached hydrogen (secondary N) is 1. The van der Waals surface area contributed by atoms with Gasteiger partial charge in [0.1, 0.15) is 11.6 Å². The van der Waals surface area contributed by atoms with Crippen LogP contribution in [0.15, 0.2) is 36.5 Å². The lowest BCUT2D eigenvalue weighted by molar-refractivity contribution is -0.120. The summed E-state index contributed by atoms with van der Waals surface area (Å²) in [4.78, 5) is 30.6. The average molecular weight is 357 g/mol. The fourth-order valence-electron chi connectivity index (χ4n) is 2.95. The van der Waals surface area contributed by atoms with E-state index in [1.54, 1.807) is 27.0 Å². The second-order valence-corrected chi connectivity index (χ2v) is 7.44. The number of aliphatic hydroxyl groups excluding tert-OH is 1. The number of anilines is 1. The van der Waals surface area contributed by atoms with Gasteiger partial charge in [-0.1, -0.05) is 18.2 Å². The topological polar surface area (TPSA) is 91.8 Å². The maximum absolute atomic E-state index is 12.7. The molecule has 7 nitrogen and oxygen atoms in total. The number of benzene rings is 1. The molecule has 2 atom stereocenters. The predicted molar refractivity (Wildman–Crippen MR) is 97.7 cm³/mol. The molecule has 3 rings (SSSR count). The van der Waals surface area contributed by atoms with Gasteiger partial charge in [0.2, 0.25) is 5.91 Å². The minimum atomic E-state index is -0.786. The molecule has 1 saturated heterocycles. The number of fused-ring (bicyclic) bond motifs is 1. The van der Waals surface area contributed by atoms with Gasteiger partial charge in [-0.15, -0.1) is 0 Å². The molecule has 2 heterocycles. The molecule has 0 spiro atoms. The normalized spacial score (nSPS) is 20.2. The summed E-state index contributed by atoms with van der Waals surface area (Å²) in [5.74, 6) is -0.371. The van der Waals surface area contributed by atoms with E-state index in [0.717, 1.165) is 10.9 Å². The SMILES string of the molecule is CC(C)(C)OC(=O)N1C[C@H](O)C[C@H]1C(=O)Nc1cnc2ccccc2c1. The highest BCUT2D eigenvalue weighted by atomic mass is 16.6. The van der Waals surface area contributed by atoms with Gasteiger partial charge in [0, 0.05) is 11.8 Å². The molecule has 7 heteroatoms. The van der Waals surface area contributed by atoms with Gasteiger partial charge in [-0.2, -0.15) is 0 Å². The first kappa shape index (κ1) is 18.1. The molecule has 0 aliphatic carbocycles. The summed E-state index contributed by atoms with van der Waals surface area (Å²) >= 11 is 0. The summed E-state index contributed by atoms with van der Waals surface area (Å²) in [6, 6.07) is 8.62. The van der Waals surface area contributed by atoms with Gasteiger partial charge in [0.15, 0.2) is 0 Å². The van der Waals surface area contributed by atoms with Crippen molar-refractivity contribution < 1.29 is 19.4 Å². The van der Waals surface area contributed by atoms with Gasteiger partial charge < -0.3 is 15.2 Å². The lowest BCUT2D eigenvalue weighted by atomic mass is 10.1. The molecule has 0 unspecified atom stereocenters. The number of likely N-dealkylation sites (tertiary alicyclic amines) is 1. The monoisotopic (exact) mass is 357 g/mol. The van der Waals surface area contributed by atoms with Crippen molar-refractivity contribution in [2.75, 3.05) is 11.9 Å². The molecule has 1 fully saturated rings.